The highest BCUT2D eigenvalue weighted by molar-refractivity contribution is 6.04. The number of anilines is 1. The van der Waals surface area contributed by atoms with Gasteiger partial charge in [0, 0.05) is 11.4 Å². The Morgan fingerprint density at radius 3 is 2.32 bits per heavy atom. The molecule has 1 heterocycles. The van der Waals surface area contributed by atoms with E-state index in [9.17, 15) is 9.59 Å². The van der Waals surface area contributed by atoms with Crippen molar-refractivity contribution in [3.63, 3.8) is 0 Å². The maximum Gasteiger partial charge on any atom is 0.310 e. The Bertz CT molecular complexity index is 746. The van der Waals surface area contributed by atoms with Crippen molar-refractivity contribution in [2.75, 3.05) is 5.32 Å². The summed E-state index contributed by atoms with van der Waals surface area (Å²) in [7, 11) is 0. The van der Waals surface area contributed by atoms with E-state index in [4.69, 9.17) is 5.11 Å². The van der Waals surface area contributed by atoms with Crippen LogP contribution in [0.5, 0.6) is 0 Å². The predicted molar refractivity (Wildman–Crippen MR) is 97.0 cm³/mol. The van der Waals surface area contributed by atoms with E-state index < -0.39 is 11.9 Å². The smallest absolute Gasteiger partial charge is 0.310 e. The Morgan fingerprint density at radius 2 is 1.80 bits per heavy atom. The number of hydrogen-bond acceptors (Lipinski definition) is 3. The molecule has 0 aliphatic rings. The van der Waals surface area contributed by atoms with Gasteiger partial charge in [-0.3, -0.25) is 14.3 Å². The van der Waals surface area contributed by atoms with E-state index in [2.05, 4.69) is 24.3 Å². The zero-order valence-corrected chi connectivity index (χ0v) is 15.1. The zero-order valence-electron chi connectivity index (χ0n) is 15.1. The lowest BCUT2D eigenvalue weighted by Crippen LogP contribution is -2.15. The Hall–Kier alpha value is -2.63. The summed E-state index contributed by atoms with van der Waals surface area (Å²) in [6.07, 6.45) is 3.52. The molecule has 1 amide bonds. The summed E-state index contributed by atoms with van der Waals surface area (Å²) in [5.74, 6) is -1.67. The lowest BCUT2D eigenvalue weighted by Gasteiger charge is -2.15. The van der Waals surface area contributed by atoms with Crippen LogP contribution in [-0.2, 0) is 4.79 Å². The van der Waals surface area contributed by atoms with Crippen LogP contribution in [0.15, 0.2) is 30.5 Å². The van der Waals surface area contributed by atoms with Gasteiger partial charge in [-0.25, -0.2) is 0 Å². The molecule has 0 fully saturated rings. The minimum atomic E-state index is -0.874. The average molecular weight is 343 g/mol. The van der Waals surface area contributed by atoms with Crippen LogP contribution < -0.4 is 5.32 Å². The Labute approximate surface area is 147 Å². The molecule has 0 saturated carbocycles. The Balaban J connectivity index is 2.14. The molecule has 0 aliphatic carbocycles. The fraction of sp³-hybridized carbons (Fsp3) is 0.421. The van der Waals surface area contributed by atoms with Crippen molar-refractivity contribution < 1.29 is 14.7 Å². The molecule has 6 nitrogen and oxygen atoms in total. The standard InChI is InChI=1S/C19H25N3O3/c1-5-16(6-2)22-13(4)17(11-20-22)18(23)21-15-9-7-14(8-10-15)12(3)19(24)25/h7-12,16H,5-6H2,1-4H3,(H,21,23)(H,24,25). The van der Waals surface area contributed by atoms with Crippen LogP contribution in [0.3, 0.4) is 0 Å². The molecule has 25 heavy (non-hydrogen) atoms. The number of carbonyl (C=O) groups is 2. The lowest BCUT2D eigenvalue weighted by molar-refractivity contribution is -0.138. The van der Waals surface area contributed by atoms with E-state index in [1.54, 1.807) is 37.4 Å². The highest BCUT2D eigenvalue weighted by Gasteiger charge is 2.18. The van der Waals surface area contributed by atoms with E-state index >= 15 is 0 Å². The van der Waals surface area contributed by atoms with Gasteiger partial charge in [0.2, 0.25) is 0 Å². The van der Waals surface area contributed by atoms with Crippen LogP contribution in [0, 0.1) is 6.92 Å². The summed E-state index contributed by atoms with van der Waals surface area (Å²) in [6, 6.07) is 7.16. The molecule has 134 valence electrons. The summed E-state index contributed by atoms with van der Waals surface area (Å²) in [5, 5.41) is 16.2. The van der Waals surface area contributed by atoms with Gasteiger partial charge in [-0.05, 0) is 44.4 Å². The quantitative estimate of drug-likeness (QED) is 0.796. The normalized spacial score (nSPS) is 12.2. The van der Waals surface area contributed by atoms with Crippen molar-refractivity contribution in [1.82, 2.24) is 9.78 Å². The summed E-state index contributed by atoms with van der Waals surface area (Å²) < 4.78 is 1.91. The van der Waals surface area contributed by atoms with E-state index in [1.807, 2.05) is 11.6 Å². The third kappa shape index (κ3) is 4.07. The summed E-state index contributed by atoms with van der Waals surface area (Å²) in [4.78, 5) is 23.5. The predicted octanol–water partition coefficient (Wildman–Crippen LogP) is 3.99. The third-order valence-electron chi connectivity index (χ3n) is 4.62. The van der Waals surface area contributed by atoms with Crippen molar-refractivity contribution >= 4 is 17.6 Å². The van der Waals surface area contributed by atoms with Crippen LogP contribution >= 0.6 is 0 Å². The van der Waals surface area contributed by atoms with Gasteiger partial charge < -0.3 is 10.4 Å². The lowest BCUT2D eigenvalue weighted by atomic mass is 10.0. The van der Waals surface area contributed by atoms with E-state index in [1.165, 1.54) is 0 Å². The van der Waals surface area contributed by atoms with Gasteiger partial charge >= 0.3 is 5.97 Å². The Kier molecular flexibility index (Phi) is 5.96. The van der Waals surface area contributed by atoms with Gasteiger partial charge in [-0.2, -0.15) is 5.10 Å². The van der Waals surface area contributed by atoms with E-state index in [0.29, 0.717) is 22.9 Å². The summed E-state index contributed by atoms with van der Waals surface area (Å²) in [5.41, 5.74) is 2.72. The molecular formula is C19H25N3O3. The second kappa shape index (κ2) is 7.96. The van der Waals surface area contributed by atoms with Crippen LogP contribution in [0.25, 0.3) is 0 Å². The first-order valence-electron chi connectivity index (χ1n) is 8.57. The number of rotatable bonds is 7. The number of aromatic nitrogens is 2. The molecule has 0 radical (unpaired) electrons. The van der Waals surface area contributed by atoms with Crippen molar-refractivity contribution in [1.29, 1.82) is 0 Å². The zero-order chi connectivity index (χ0) is 18.6. The van der Waals surface area contributed by atoms with Crippen molar-refractivity contribution in [2.45, 2.75) is 52.5 Å². The first-order chi connectivity index (χ1) is 11.9. The van der Waals surface area contributed by atoms with Gasteiger partial charge in [0.05, 0.1) is 23.7 Å². The number of carbonyl (C=O) groups excluding carboxylic acids is 1. The SMILES string of the molecule is CCC(CC)n1ncc(C(=O)Nc2ccc(C(C)C(=O)O)cc2)c1C. The largest absolute Gasteiger partial charge is 0.481 e. The van der Waals surface area contributed by atoms with Gasteiger partial charge in [-0.1, -0.05) is 26.0 Å². The minimum Gasteiger partial charge on any atom is -0.481 e. The second-order valence-corrected chi connectivity index (χ2v) is 6.19. The fourth-order valence-corrected chi connectivity index (χ4v) is 2.85. The molecule has 2 rings (SSSR count). The highest BCUT2D eigenvalue weighted by atomic mass is 16.4. The molecule has 0 aliphatic heterocycles. The van der Waals surface area contributed by atoms with Gasteiger partial charge in [0.15, 0.2) is 0 Å². The number of carboxylic acids is 1. The minimum absolute atomic E-state index is 0.214. The van der Waals surface area contributed by atoms with Gasteiger partial charge in [-0.15, -0.1) is 0 Å². The molecule has 1 atom stereocenters. The summed E-state index contributed by atoms with van der Waals surface area (Å²) in [6.45, 7) is 7.74. The number of aliphatic carboxylic acids is 1. The molecule has 2 aromatic rings. The van der Waals surface area contributed by atoms with Crippen LogP contribution in [0.1, 0.15) is 67.2 Å². The maximum atomic E-state index is 12.5. The molecule has 0 bridgehead atoms. The molecular weight excluding hydrogens is 318 g/mol. The Morgan fingerprint density at radius 1 is 1.20 bits per heavy atom. The average Bonchev–Trinajstić information content (AvgIpc) is 2.98. The molecule has 1 aromatic carbocycles. The second-order valence-electron chi connectivity index (χ2n) is 6.19. The molecule has 6 heteroatoms. The van der Waals surface area contributed by atoms with Crippen molar-refractivity contribution in [2.24, 2.45) is 0 Å². The fourth-order valence-electron chi connectivity index (χ4n) is 2.85. The third-order valence-corrected chi connectivity index (χ3v) is 4.62. The number of carboxylic acid groups (broad SMARTS) is 1. The van der Waals surface area contributed by atoms with Crippen molar-refractivity contribution in [3.8, 4) is 0 Å². The van der Waals surface area contributed by atoms with Crippen molar-refractivity contribution in [3.05, 3.63) is 47.3 Å². The number of amides is 1. The van der Waals surface area contributed by atoms with Gasteiger partial charge in [0.25, 0.3) is 5.91 Å². The highest BCUT2D eigenvalue weighted by Crippen LogP contribution is 2.21. The molecule has 0 spiro atoms. The maximum absolute atomic E-state index is 12.5. The van der Waals surface area contributed by atoms with Crippen LogP contribution in [0.4, 0.5) is 5.69 Å². The van der Waals surface area contributed by atoms with Crippen LogP contribution in [-0.4, -0.2) is 26.8 Å². The first-order valence-corrected chi connectivity index (χ1v) is 8.57. The number of benzene rings is 1. The molecule has 1 unspecified atom stereocenters. The van der Waals surface area contributed by atoms with E-state index in [0.717, 1.165) is 18.5 Å². The molecule has 2 N–H and O–H groups in total. The monoisotopic (exact) mass is 343 g/mol. The molecule has 1 aromatic heterocycles. The van der Waals surface area contributed by atoms with Gasteiger partial charge in [0.1, 0.15) is 0 Å². The number of nitrogens with one attached hydrogen (secondary N) is 1. The number of nitrogens with zero attached hydrogens (tertiary/aromatic N) is 2. The van der Waals surface area contributed by atoms with Crippen LogP contribution in [0.2, 0.25) is 0 Å². The number of hydrogen-bond donors (Lipinski definition) is 2. The summed E-state index contributed by atoms with van der Waals surface area (Å²) >= 11 is 0. The van der Waals surface area contributed by atoms with E-state index in [-0.39, 0.29) is 5.91 Å². The topological polar surface area (TPSA) is 84.2 Å². The first kappa shape index (κ1) is 18.7. The molecule has 0 saturated heterocycles.